The molecule has 1 aliphatic heterocycles. The number of carbonyl (C=O) groups is 1. The SMILES string of the molecule is C=CCOc1c(Br)cc(/C=C2/N=C(c3ccccc3F)OC2=O)cc1OC. The molecule has 2 aromatic carbocycles. The lowest BCUT2D eigenvalue weighted by atomic mass is 10.1. The van der Waals surface area contributed by atoms with E-state index in [9.17, 15) is 9.18 Å². The lowest BCUT2D eigenvalue weighted by Gasteiger charge is -2.12. The van der Waals surface area contributed by atoms with Crippen LogP contribution in [0, 0.1) is 5.82 Å². The molecule has 138 valence electrons. The largest absolute Gasteiger partial charge is 0.493 e. The van der Waals surface area contributed by atoms with Crippen LogP contribution in [0.5, 0.6) is 11.5 Å². The molecule has 3 rings (SSSR count). The fraction of sp³-hybridized carbons (Fsp3) is 0.100. The van der Waals surface area contributed by atoms with Gasteiger partial charge in [0, 0.05) is 0 Å². The van der Waals surface area contributed by atoms with E-state index in [0.717, 1.165) is 0 Å². The highest BCUT2D eigenvalue weighted by Gasteiger charge is 2.26. The summed E-state index contributed by atoms with van der Waals surface area (Å²) < 4.78 is 30.5. The third-order valence-electron chi connectivity index (χ3n) is 3.63. The Balaban J connectivity index is 1.96. The second-order valence-electron chi connectivity index (χ2n) is 5.45. The molecule has 0 atom stereocenters. The van der Waals surface area contributed by atoms with E-state index in [-0.39, 0.29) is 17.2 Å². The van der Waals surface area contributed by atoms with Gasteiger partial charge in [0.2, 0.25) is 5.90 Å². The van der Waals surface area contributed by atoms with Crippen LogP contribution in [-0.2, 0) is 9.53 Å². The van der Waals surface area contributed by atoms with E-state index < -0.39 is 11.8 Å². The van der Waals surface area contributed by atoms with Gasteiger partial charge in [-0.15, -0.1) is 0 Å². The van der Waals surface area contributed by atoms with Crippen LogP contribution in [0.2, 0.25) is 0 Å². The highest BCUT2D eigenvalue weighted by atomic mass is 79.9. The van der Waals surface area contributed by atoms with Crippen molar-refractivity contribution in [1.29, 1.82) is 0 Å². The number of hydrogen-bond acceptors (Lipinski definition) is 5. The van der Waals surface area contributed by atoms with Gasteiger partial charge >= 0.3 is 5.97 Å². The smallest absolute Gasteiger partial charge is 0.363 e. The van der Waals surface area contributed by atoms with Crippen molar-refractivity contribution in [2.45, 2.75) is 0 Å². The van der Waals surface area contributed by atoms with Crippen LogP contribution >= 0.6 is 15.9 Å². The van der Waals surface area contributed by atoms with E-state index in [1.165, 1.54) is 25.3 Å². The zero-order chi connectivity index (χ0) is 19.4. The number of rotatable bonds is 6. The quantitative estimate of drug-likeness (QED) is 0.383. The number of aliphatic imine (C=N–C) groups is 1. The molecule has 27 heavy (non-hydrogen) atoms. The van der Waals surface area contributed by atoms with Gasteiger partial charge in [0.15, 0.2) is 17.2 Å². The molecule has 0 N–H and O–H groups in total. The summed E-state index contributed by atoms with van der Waals surface area (Å²) in [6, 6.07) is 9.40. The summed E-state index contributed by atoms with van der Waals surface area (Å²) in [6.07, 6.45) is 3.15. The monoisotopic (exact) mass is 431 g/mol. The molecule has 0 unspecified atom stereocenters. The molecule has 2 aromatic rings. The Morgan fingerprint density at radius 3 is 2.81 bits per heavy atom. The maximum atomic E-state index is 13.9. The van der Waals surface area contributed by atoms with Crippen LogP contribution in [-0.4, -0.2) is 25.6 Å². The van der Waals surface area contributed by atoms with E-state index in [4.69, 9.17) is 14.2 Å². The molecule has 0 radical (unpaired) electrons. The van der Waals surface area contributed by atoms with Crippen molar-refractivity contribution in [1.82, 2.24) is 0 Å². The lowest BCUT2D eigenvalue weighted by molar-refractivity contribution is -0.129. The lowest BCUT2D eigenvalue weighted by Crippen LogP contribution is -2.07. The summed E-state index contributed by atoms with van der Waals surface area (Å²) in [4.78, 5) is 16.2. The minimum absolute atomic E-state index is 0.0574. The number of halogens is 2. The van der Waals surface area contributed by atoms with Crippen molar-refractivity contribution < 1.29 is 23.4 Å². The maximum absolute atomic E-state index is 13.9. The molecule has 7 heteroatoms. The van der Waals surface area contributed by atoms with E-state index >= 15 is 0 Å². The Bertz CT molecular complexity index is 968. The zero-order valence-corrected chi connectivity index (χ0v) is 16.0. The Labute approximate surface area is 163 Å². The van der Waals surface area contributed by atoms with Gasteiger partial charge in [-0.25, -0.2) is 14.2 Å². The van der Waals surface area contributed by atoms with E-state index in [1.807, 2.05) is 0 Å². The summed E-state index contributed by atoms with van der Waals surface area (Å²) in [6.45, 7) is 3.93. The summed E-state index contributed by atoms with van der Waals surface area (Å²) in [5.74, 6) is -0.248. The first-order chi connectivity index (χ1) is 13.0. The molecule has 5 nitrogen and oxygen atoms in total. The summed E-state index contributed by atoms with van der Waals surface area (Å²) in [5.41, 5.74) is 0.818. The number of nitrogens with zero attached hydrogens (tertiary/aromatic N) is 1. The third-order valence-corrected chi connectivity index (χ3v) is 4.21. The minimum Gasteiger partial charge on any atom is -0.493 e. The van der Waals surface area contributed by atoms with Crippen molar-refractivity contribution in [3.63, 3.8) is 0 Å². The molecule has 0 saturated heterocycles. The number of cyclic esters (lactones) is 1. The van der Waals surface area contributed by atoms with Gasteiger partial charge in [0.1, 0.15) is 12.4 Å². The first-order valence-corrected chi connectivity index (χ1v) is 8.71. The highest BCUT2D eigenvalue weighted by molar-refractivity contribution is 9.10. The number of esters is 1. The van der Waals surface area contributed by atoms with Gasteiger partial charge in [-0.3, -0.25) is 0 Å². The second-order valence-corrected chi connectivity index (χ2v) is 6.30. The van der Waals surface area contributed by atoms with Gasteiger partial charge < -0.3 is 14.2 Å². The van der Waals surface area contributed by atoms with Crippen molar-refractivity contribution in [3.05, 3.63) is 76.2 Å². The number of methoxy groups -OCH3 is 1. The number of carbonyl (C=O) groups excluding carboxylic acids is 1. The van der Waals surface area contributed by atoms with Gasteiger partial charge in [0.25, 0.3) is 0 Å². The van der Waals surface area contributed by atoms with E-state index in [0.29, 0.717) is 28.1 Å². The molecular weight excluding hydrogens is 417 g/mol. The number of ether oxygens (including phenoxy) is 3. The molecule has 0 aliphatic carbocycles. The van der Waals surface area contributed by atoms with Crippen molar-refractivity contribution in [2.24, 2.45) is 4.99 Å². The van der Waals surface area contributed by atoms with E-state index in [1.54, 1.807) is 30.3 Å². The predicted octanol–water partition coefficient (Wildman–Crippen LogP) is 4.51. The summed E-state index contributed by atoms with van der Waals surface area (Å²) in [7, 11) is 1.51. The minimum atomic E-state index is -0.657. The van der Waals surface area contributed by atoms with Crippen LogP contribution in [0.15, 0.2) is 64.2 Å². The van der Waals surface area contributed by atoms with Crippen molar-refractivity contribution in [3.8, 4) is 11.5 Å². The van der Waals surface area contributed by atoms with Crippen LogP contribution in [0.3, 0.4) is 0 Å². The third kappa shape index (κ3) is 4.09. The Morgan fingerprint density at radius 1 is 1.33 bits per heavy atom. The fourth-order valence-corrected chi connectivity index (χ4v) is 3.00. The molecule has 0 aromatic heterocycles. The van der Waals surface area contributed by atoms with E-state index in [2.05, 4.69) is 27.5 Å². The molecule has 1 aliphatic rings. The molecule has 0 fully saturated rings. The predicted molar refractivity (Wildman–Crippen MR) is 103 cm³/mol. The first-order valence-electron chi connectivity index (χ1n) is 7.92. The number of hydrogen-bond donors (Lipinski definition) is 0. The molecule has 0 bridgehead atoms. The van der Waals surface area contributed by atoms with Crippen LogP contribution in [0.1, 0.15) is 11.1 Å². The van der Waals surface area contributed by atoms with Crippen molar-refractivity contribution in [2.75, 3.05) is 13.7 Å². The second kappa shape index (κ2) is 8.18. The Morgan fingerprint density at radius 2 is 2.11 bits per heavy atom. The molecule has 0 saturated carbocycles. The molecule has 0 spiro atoms. The first kappa shape index (κ1) is 18.8. The Kier molecular flexibility index (Phi) is 5.71. The van der Waals surface area contributed by atoms with Crippen LogP contribution in [0.4, 0.5) is 4.39 Å². The summed E-state index contributed by atoms with van der Waals surface area (Å²) in [5, 5.41) is 0. The van der Waals surface area contributed by atoms with Crippen LogP contribution in [0.25, 0.3) is 6.08 Å². The van der Waals surface area contributed by atoms with Crippen molar-refractivity contribution >= 4 is 33.9 Å². The maximum Gasteiger partial charge on any atom is 0.363 e. The topological polar surface area (TPSA) is 57.1 Å². The average molecular weight is 432 g/mol. The average Bonchev–Trinajstić information content (AvgIpc) is 3.01. The van der Waals surface area contributed by atoms with Gasteiger partial charge in [-0.2, -0.15) is 0 Å². The van der Waals surface area contributed by atoms with Gasteiger partial charge in [-0.05, 0) is 51.8 Å². The van der Waals surface area contributed by atoms with Gasteiger partial charge in [0.05, 0.1) is 17.1 Å². The van der Waals surface area contributed by atoms with Crippen LogP contribution < -0.4 is 9.47 Å². The number of benzene rings is 2. The zero-order valence-electron chi connectivity index (χ0n) is 14.4. The molecular formula is C20H15BrFNO4. The fourth-order valence-electron chi connectivity index (χ4n) is 2.42. The van der Waals surface area contributed by atoms with Gasteiger partial charge in [-0.1, -0.05) is 24.8 Å². The standard InChI is InChI=1S/C20H15BrFNO4/c1-3-8-26-18-14(21)9-12(11-17(18)25-2)10-16-20(24)27-19(23-16)13-6-4-5-7-15(13)22/h3-7,9-11H,1,8H2,2H3/b16-10+. The normalized spacial score (nSPS) is 14.7. The molecule has 0 amide bonds. The highest BCUT2D eigenvalue weighted by Crippen LogP contribution is 2.37. The molecule has 1 heterocycles. The summed E-state index contributed by atoms with van der Waals surface area (Å²) >= 11 is 3.42. The Hall–Kier alpha value is -2.93.